The van der Waals surface area contributed by atoms with E-state index >= 15 is 0 Å². The van der Waals surface area contributed by atoms with Crippen LogP contribution in [0.1, 0.15) is 23.2 Å². The number of anilines is 1. The Bertz CT molecular complexity index is 580. The van der Waals surface area contributed by atoms with Crippen molar-refractivity contribution in [2.24, 2.45) is 0 Å². The first-order chi connectivity index (χ1) is 8.60. The number of furan rings is 1. The largest absolute Gasteiger partial charge is 0.456 e. The first-order valence-electron chi connectivity index (χ1n) is 5.45. The lowest BCUT2D eigenvalue weighted by molar-refractivity contribution is 0.0995. The highest BCUT2D eigenvalue weighted by Gasteiger charge is 2.11. The second-order valence-corrected chi connectivity index (χ2v) is 5.72. The summed E-state index contributed by atoms with van der Waals surface area (Å²) < 4.78 is 7.45. The number of rotatable bonds is 3. The number of halogens is 2. The van der Waals surface area contributed by atoms with E-state index in [1.165, 1.54) is 0 Å². The Morgan fingerprint density at radius 3 is 2.78 bits per heavy atom. The summed E-state index contributed by atoms with van der Waals surface area (Å²) >= 11 is 5.61. The number of hydrogen-bond acceptors (Lipinski definition) is 2. The molecule has 0 saturated carbocycles. The number of carbonyl (C=O) groups is 1. The molecule has 0 atom stereocenters. The first kappa shape index (κ1) is 13.6. The second kappa shape index (κ2) is 5.88. The summed E-state index contributed by atoms with van der Waals surface area (Å²) in [6.07, 6.45) is 0.781. The van der Waals surface area contributed by atoms with E-state index in [0.717, 1.165) is 25.9 Å². The maximum Gasteiger partial charge on any atom is 0.291 e. The van der Waals surface area contributed by atoms with Gasteiger partial charge in [-0.15, -0.1) is 0 Å². The Labute approximate surface area is 127 Å². The first-order valence-corrected chi connectivity index (χ1v) is 7.32. The summed E-state index contributed by atoms with van der Waals surface area (Å²) in [5.41, 5.74) is 0.752. The van der Waals surface area contributed by atoms with Crippen LogP contribution in [-0.2, 0) is 6.42 Å². The summed E-state index contributed by atoms with van der Waals surface area (Å²) in [4.78, 5) is 11.9. The number of aryl methyl sites for hydroxylation is 1. The van der Waals surface area contributed by atoms with Gasteiger partial charge in [0.15, 0.2) is 5.76 Å². The van der Waals surface area contributed by atoms with Crippen LogP contribution in [0, 0.1) is 3.57 Å². The molecule has 1 heterocycles. The molecule has 1 amide bonds. The zero-order valence-corrected chi connectivity index (χ0v) is 13.4. The number of amides is 1. The molecule has 94 valence electrons. The molecule has 0 fully saturated rings. The fraction of sp³-hybridized carbons (Fsp3) is 0.154. The molecule has 1 N–H and O–H groups in total. The Morgan fingerprint density at radius 2 is 2.17 bits per heavy atom. The Morgan fingerprint density at radius 1 is 1.39 bits per heavy atom. The standard InChI is InChI=1S/C13H11BrINO2/c1-2-9-4-6-12(18-9)13(17)16-8-3-5-10(14)11(15)7-8/h3-7H,2H2,1H3,(H,16,17). The van der Waals surface area contributed by atoms with Gasteiger partial charge in [0.05, 0.1) is 0 Å². The summed E-state index contributed by atoms with van der Waals surface area (Å²) in [5, 5.41) is 2.81. The zero-order valence-electron chi connectivity index (χ0n) is 9.67. The van der Waals surface area contributed by atoms with Crippen molar-refractivity contribution in [1.29, 1.82) is 0 Å². The lowest BCUT2D eigenvalue weighted by Gasteiger charge is -2.04. The van der Waals surface area contributed by atoms with Crippen molar-refractivity contribution < 1.29 is 9.21 Å². The van der Waals surface area contributed by atoms with Gasteiger partial charge < -0.3 is 9.73 Å². The van der Waals surface area contributed by atoms with E-state index in [1.54, 1.807) is 6.07 Å². The molecule has 1 aromatic carbocycles. The molecule has 18 heavy (non-hydrogen) atoms. The van der Waals surface area contributed by atoms with E-state index < -0.39 is 0 Å². The maximum absolute atomic E-state index is 11.9. The predicted octanol–water partition coefficient (Wildman–Crippen LogP) is 4.46. The van der Waals surface area contributed by atoms with Crippen molar-refractivity contribution in [3.63, 3.8) is 0 Å². The van der Waals surface area contributed by atoms with Crippen LogP contribution in [0.25, 0.3) is 0 Å². The third-order valence-electron chi connectivity index (χ3n) is 2.41. The van der Waals surface area contributed by atoms with Gasteiger partial charge in [-0.2, -0.15) is 0 Å². The minimum atomic E-state index is -0.229. The maximum atomic E-state index is 11.9. The van der Waals surface area contributed by atoms with Gasteiger partial charge in [-0.3, -0.25) is 4.79 Å². The van der Waals surface area contributed by atoms with Crippen molar-refractivity contribution >= 4 is 50.1 Å². The van der Waals surface area contributed by atoms with Crippen LogP contribution < -0.4 is 5.32 Å². The highest BCUT2D eigenvalue weighted by molar-refractivity contribution is 14.1. The average molecular weight is 420 g/mol. The molecule has 3 nitrogen and oxygen atoms in total. The number of nitrogens with one attached hydrogen (secondary N) is 1. The molecule has 0 aliphatic carbocycles. The Hall–Kier alpha value is -0.820. The van der Waals surface area contributed by atoms with Crippen molar-refractivity contribution in [1.82, 2.24) is 0 Å². The Balaban J connectivity index is 2.13. The Kier molecular flexibility index (Phi) is 4.45. The van der Waals surface area contributed by atoms with Crippen LogP contribution in [0.3, 0.4) is 0 Å². The van der Waals surface area contributed by atoms with Gasteiger partial charge in [0.2, 0.25) is 0 Å². The van der Waals surface area contributed by atoms with Crippen molar-refractivity contribution in [2.45, 2.75) is 13.3 Å². The third-order valence-corrected chi connectivity index (χ3v) is 4.74. The van der Waals surface area contributed by atoms with E-state index in [0.29, 0.717) is 5.76 Å². The van der Waals surface area contributed by atoms with E-state index in [-0.39, 0.29) is 5.91 Å². The summed E-state index contributed by atoms with van der Waals surface area (Å²) in [6, 6.07) is 9.15. The lowest BCUT2D eigenvalue weighted by atomic mass is 10.3. The molecule has 2 rings (SSSR count). The van der Waals surface area contributed by atoms with Crippen LogP contribution >= 0.6 is 38.5 Å². The van der Waals surface area contributed by atoms with Crippen LogP contribution in [0.4, 0.5) is 5.69 Å². The lowest BCUT2D eigenvalue weighted by Crippen LogP contribution is -2.10. The zero-order chi connectivity index (χ0) is 13.1. The van der Waals surface area contributed by atoms with Crippen LogP contribution in [0.5, 0.6) is 0 Å². The molecular weight excluding hydrogens is 409 g/mol. The molecule has 5 heteroatoms. The predicted molar refractivity (Wildman–Crippen MR) is 82.9 cm³/mol. The van der Waals surface area contributed by atoms with Crippen molar-refractivity contribution in [3.8, 4) is 0 Å². The smallest absolute Gasteiger partial charge is 0.291 e. The topological polar surface area (TPSA) is 42.2 Å². The van der Waals surface area contributed by atoms with Gasteiger partial charge >= 0.3 is 0 Å². The summed E-state index contributed by atoms with van der Waals surface area (Å²) in [5.74, 6) is 0.920. The van der Waals surface area contributed by atoms with Gasteiger partial charge in [-0.25, -0.2) is 0 Å². The van der Waals surface area contributed by atoms with E-state index in [9.17, 15) is 4.79 Å². The molecule has 0 radical (unpaired) electrons. The van der Waals surface area contributed by atoms with Crippen LogP contribution in [0.15, 0.2) is 39.2 Å². The highest BCUT2D eigenvalue weighted by Crippen LogP contribution is 2.23. The average Bonchev–Trinajstić information content (AvgIpc) is 2.82. The van der Waals surface area contributed by atoms with Gasteiger partial charge in [-0.1, -0.05) is 6.92 Å². The van der Waals surface area contributed by atoms with Gasteiger partial charge in [0.1, 0.15) is 5.76 Å². The second-order valence-electron chi connectivity index (χ2n) is 3.70. The van der Waals surface area contributed by atoms with Gasteiger partial charge in [0.25, 0.3) is 5.91 Å². The molecular formula is C13H11BrINO2. The van der Waals surface area contributed by atoms with Crippen molar-refractivity contribution in [3.05, 3.63) is 49.9 Å². The normalized spacial score (nSPS) is 10.4. The SMILES string of the molecule is CCc1ccc(C(=O)Nc2ccc(Br)c(I)c2)o1. The minimum absolute atomic E-state index is 0.229. The van der Waals surface area contributed by atoms with E-state index in [4.69, 9.17) is 4.42 Å². The van der Waals surface area contributed by atoms with Crippen molar-refractivity contribution in [2.75, 3.05) is 5.32 Å². The monoisotopic (exact) mass is 419 g/mol. The molecule has 0 aliphatic heterocycles. The number of benzene rings is 1. The number of hydrogen-bond donors (Lipinski definition) is 1. The quantitative estimate of drug-likeness (QED) is 0.746. The fourth-order valence-corrected chi connectivity index (χ4v) is 2.22. The van der Waals surface area contributed by atoms with Gasteiger partial charge in [0, 0.05) is 20.2 Å². The molecule has 1 aromatic heterocycles. The molecule has 0 spiro atoms. The van der Waals surface area contributed by atoms with Crippen LogP contribution in [0.2, 0.25) is 0 Å². The molecule has 0 unspecified atom stereocenters. The van der Waals surface area contributed by atoms with Crippen LogP contribution in [-0.4, -0.2) is 5.91 Å². The summed E-state index contributed by atoms with van der Waals surface area (Å²) in [7, 11) is 0. The minimum Gasteiger partial charge on any atom is -0.456 e. The highest BCUT2D eigenvalue weighted by atomic mass is 127. The summed E-state index contributed by atoms with van der Waals surface area (Å²) in [6.45, 7) is 1.98. The third kappa shape index (κ3) is 3.14. The van der Waals surface area contributed by atoms with Gasteiger partial charge in [-0.05, 0) is 68.9 Å². The van der Waals surface area contributed by atoms with E-state index in [1.807, 2.05) is 31.2 Å². The fourth-order valence-electron chi connectivity index (χ4n) is 1.46. The number of carbonyl (C=O) groups excluding carboxylic acids is 1. The van der Waals surface area contributed by atoms with E-state index in [2.05, 4.69) is 43.8 Å². The molecule has 0 bridgehead atoms. The molecule has 0 saturated heterocycles. The molecule has 2 aromatic rings. The molecule has 0 aliphatic rings.